The molecule has 1 aliphatic rings. The Hall–Kier alpha value is -1.75. The van der Waals surface area contributed by atoms with Crippen LogP contribution in [0.15, 0.2) is 30.3 Å². The van der Waals surface area contributed by atoms with Crippen LogP contribution in [0.25, 0.3) is 5.69 Å². The molecule has 5 heteroatoms. The lowest BCUT2D eigenvalue weighted by Crippen LogP contribution is -2.27. The van der Waals surface area contributed by atoms with Crippen molar-refractivity contribution in [3.63, 3.8) is 0 Å². The van der Waals surface area contributed by atoms with Gasteiger partial charge in [0.15, 0.2) is 5.82 Å². The van der Waals surface area contributed by atoms with Crippen LogP contribution in [0.5, 0.6) is 0 Å². The first-order valence-electron chi connectivity index (χ1n) is 7.36. The first-order chi connectivity index (χ1) is 9.83. The molecule has 3 rings (SSSR count). The Labute approximate surface area is 119 Å². The summed E-state index contributed by atoms with van der Waals surface area (Å²) in [6, 6.07) is 10.1. The Balaban J connectivity index is 1.71. The number of hydrogen-bond donors (Lipinski definition) is 1. The number of rotatable bonds is 7. The standard InChI is InChI=1S/C15H21N5/c1-2-10-16-12-15(8-9-15)11-14-17-18-19-20(14)13-6-4-3-5-7-13/h3-7,16H,2,8-12H2,1H3. The van der Waals surface area contributed by atoms with Crippen molar-refractivity contribution in [1.82, 2.24) is 25.5 Å². The number of benzene rings is 1. The lowest BCUT2D eigenvalue weighted by Gasteiger charge is -2.15. The van der Waals surface area contributed by atoms with Gasteiger partial charge < -0.3 is 5.32 Å². The molecule has 0 spiro atoms. The van der Waals surface area contributed by atoms with Crippen LogP contribution < -0.4 is 5.32 Å². The van der Waals surface area contributed by atoms with Crippen LogP contribution in [0, 0.1) is 5.41 Å². The van der Waals surface area contributed by atoms with Crippen molar-refractivity contribution >= 4 is 0 Å². The Morgan fingerprint density at radius 1 is 1.25 bits per heavy atom. The molecule has 1 aromatic heterocycles. The average Bonchev–Trinajstić information content (AvgIpc) is 3.08. The summed E-state index contributed by atoms with van der Waals surface area (Å²) in [6.45, 7) is 4.36. The molecule has 0 unspecified atom stereocenters. The Bertz CT molecular complexity index is 544. The van der Waals surface area contributed by atoms with Gasteiger partial charge in [-0.05, 0) is 53.8 Å². The van der Waals surface area contributed by atoms with Crippen LogP contribution in [0.3, 0.4) is 0 Å². The van der Waals surface area contributed by atoms with Gasteiger partial charge >= 0.3 is 0 Å². The molecule has 2 aromatic rings. The summed E-state index contributed by atoms with van der Waals surface area (Å²) in [5, 5.41) is 15.7. The molecule has 0 radical (unpaired) electrons. The fourth-order valence-electron chi connectivity index (χ4n) is 2.54. The SMILES string of the molecule is CCCNCC1(Cc2nnnn2-c2ccccc2)CC1. The zero-order valence-electron chi connectivity index (χ0n) is 11.9. The summed E-state index contributed by atoms with van der Waals surface area (Å²) in [6.07, 6.45) is 4.67. The zero-order chi connectivity index (χ0) is 13.8. The van der Waals surface area contributed by atoms with E-state index < -0.39 is 0 Å². The molecule has 0 amide bonds. The van der Waals surface area contributed by atoms with E-state index in [1.54, 1.807) is 0 Å². The van der Waals surface area contributed by atoms with Gasteiger partial charge in [-0.2, -0.15) is 4.68 Å². The number of hydrogen-bond acceptors (Lipinski definition) is 4. The fraction of sp³-hybridized carbons (Fsp3) is 0.533. The summed E-state index contributed by atoms with van der Waals surface area (Å²) in [7, 11) is 0. The largest absolute Gasteiger partial charge is 0.316 e. The molecule has 5 nitrogen and oxygen atoms in total. The second-order valence-corrected chi connectivity index (χ2v) is 5.70. The van der Waals surface area contributed by atoms with Crippen LogP contribution in [-0.4, -0.2) is 33.3 Å². The molecular weight excluding hydrogens is 250 g/mol. The maximum Gasteiger partial charge on any atom is 0.157 e. The molecule has 1 saturated carbocycles. The van der Waals surface area contributed by atoms with Gasteiger partial charge in [0.2, 0.25) is 0 Å². The normalized spacial score (nSPS) is 16.2. The van der Waals surface area contributed by atoms with Crippen LogP contribution in [-0.2, 0) is 6.42 Å². The van der Waals surface area contributed by atoms with Crippen molar-refractivity contribution in [3.8, 4) is 5.69 Å². The van der Waals surface area contributed by atoms with Crippen LogP contribution in [0.2, 0.25) is 0 Å². The van der Waals surface area contributed by atoms with E-state index in [1.807, 2.05) is 35.0 Å². The van der Waals surface area contributed by atoms with Gasteiger partial charge in [-0.3, -0.25) is 0 Å². The van der Waals surface area contributed by atoms with Gasteiger partial charge in [0.25, 0.3) is 0 Å². The van der Waals surface area contributed by atoms with E-state index >= 15 is 0 Å². The molecule has 1 N–H and O–H groups in total. The summed E-state index contributed by atoms with van der Waals surface area (Å²) in [5.74, 6) is 0.965. The van der Waals surface area contributed by atoms with E-state index in [2.05, 4.69) is 27.8 Å². The van der Waals surface area contributed by atoms with Crippen LogP contribution in [0.4, 0.5) is 0 Å². The summed E-state index contributed by atoms with van der Waals surface area (Å²) in [5.41, 5.74) is 1.40. The number of para-hydroxylation sites is 1. The van der Waals surface area contributed by atoms with Gasteiger partial charge in [-0.25, -0.2) is 0 Å². The van der Waals surface area contributed by atoms with Crippen molar-refractivity contribution in [3.05, 3.63) is 36.2 Å². The lowest BCUT2D eigenvalue weighted by atomic mass is 10.0. The third kappa shape index (κ3) is 2.88. The van der Waals surface area contributed by atoms with E-state index in [0.717, 1.165) is 31.0 Å². The molecule has 0 saturated heterocycles. The van der Waals surface area contributed by atoms with E-state index in [9.17, 15) is 0 Å². The van der Waals surface area contributed by atoms with Crippen molar-refractivity contribution in [1.29, 1.82) is 0 Å². The average molecular weight is 271 g/mol. The highest BCUT2D eigenvalue weighted by molar-refractivity contribution is 5.30. The van der Waals surface area contributed by atoms with Crippen LogP contribution in [0.1, 0.15) is 32.0 Å². The van der Waals surface area contributed by atoms with Crippen LogP contribution >= 0.6 is 0 Å². The monoisotopic (exact) mass is 271 g/mol. The first-order valence-corrected chi connectivity index (χ1v) is 7.36. The van der Waals surface area contributed by atoms with Gasteiger partial charge in [-0.15, -0.1) is 5.10 Å². The molecule has 1 aromatic carbocycles. The van der Waals surface area contributed by atoms with Gasteiger partial charge in [0, 0.05) is 13.0 Å². The maximum absolute atomic E-state index is 4.22. The molecule has 0 aliphatic heterocycles. The zero-order valence-corrected chi connectivity index (χ0v) is 11.9. The van der Waals surface area contributed by atoms with E-state index in [1.165, 1.54) is 19.3 Å². The summed E-state index contributed by atoms with van der Waals surface area (Å²) >= 11 is 0. The van der Waals surface area contributed by atoms with E-state index in [0.29, 0.717) is 5.41 Å². The Morgan fingerprint density at radius 3 is 2.75 bits per heavy atom. The quantitative estimate of drug-likeness (QED) is 0.782. The lowest BCUT2D eigenvalue weighted by molar-refractivity contribution is 0.442. The van der Waals surface area contributed by atoms with Gasteiger partial charge in [0.05, 0.1) is 5.69 Å². The summed E-state index contributed by atoms with van der Waals surface area (Å²) < 4.78 is 1.86. The number of tetrazole rings is 1. The smallest absolute Gasteiger partial charge is 0.157 e. The number of aromatic nitrogens is 4. The van der Waals surface area contributed by atoms with Crippen molar-refractivity contribution in [2.45, 2.75) is 32.6 Å². The molecule has 106 valence electrons. The predicted octanol–water partition coefficient (Wildman–Crippen LogP) is 1.98. The second-order valence-electron chi connectivity index (χ2n) is 5.70. The first kappa shape index (κ1) is 13.2. The molecular formula is C15H21N5. The van der Waals surface area contributed by atoms with Crippen molar-refractivity contribution in [2.75, 3.05) is 13.1 Å². The Kier molecular flexibility index (Phi) is 3.78. The minimum atomic E-state index is 0.371. The molecule has 1 aliphatic carbocycles. The maximum atomic E-state index is 4.22. The number of nitrogens with one attached hydrogen (secondary N) is 1. The minimum Gasteiger partial charge on any atom is -0.316 e. The highest BCUT2D eigenvalue weighted by Crippen LogP contribution is 2.47. The van der Waals surface area contributed by atoms with Gasteiger partial charge in [-0.1, -0.05) is 25.1 Å². The van der Waals surface area contributed by atoms with Gasteiger partial charge in [0.1, 0.15) is 0 Å². The molecule has 20 heavy (non-hydrogen) atoms. The van der Waals surface area contributed by atoms with E-state index in [-0.39, 0.29) is 0 Å². The second kappa shape index (κ2) is 5.71. The molecule has 1 heterocycles. The van der Waals surface area contributed by atoms with Crippen molar-refractivity contribution in [2.24, 2.45) is 5.41 Å². The van der Waals surface area contributed by atoms with E-state index in [4.69, 9.17) is 0 Å². The molecule has 0 bridgehead atoms. The minimum absolute atomic E-state index is 0.371. The summed E-state index contributed by atoms with van der Waals surface area (Å²) in [4.78, 5) is 0. The topological polar surface area (TPSA) is 55.6 Å². The van der Waals surface area contributed by atoms with Crippen molar-refractivity contribution < 1.29 is 0 Å². The number of nitrogens with zero attached hydrogens (tertiary/aromatic N) is 4. The molecule has 0 atom stereocenters. The molecule has 1 fully saturated rings. The highest BCUT2D eigenvalue weighted by atomic mass is 15.5. The third-order valence-corrected chi connectivity index (χ3v) is 3.95. The highest BCUT2D eigenvalue weighted by Gasteiger charge is 2.43. The Morgan fingerprint density at radius 2 is 2.05 bits per heavy atom. The fourth-order valence-corrected chi connectivity index (χ4v) is 2.54. The predicted molar refractivity (Wildman–Crippen MR) is 77.7 cm³/mol. The third-order valence-electron chi connectivity index (χ3n) is 3.95.